The number of urea groups is 1. The molecule has 2 aliphatic rings. The van der Waals surface area contributed by atoms with Crippen LogP contribution in [0.5, 0.6) is 11.5 Å². The maximum absolute atomic E-state index is 11.8. The molecule has 0 radical (unpaired) electrons. The first-order chi connectivity index (χ1) is 11.1. The lowest BCUT2D eigenvalue weighted by atomic mass is 10.0. The van der Waals surface area contributed by atoms with Gasteiger partial charge in [-0.15, -0.1) is 0 Å². The zero-order valence-corrected chi connectivity index (χ0v) is 13.5. The highest BCUT2D eigenvalue weighted by atomic mass is 32.2. The Kier molecular flexibility index (Phi) is 4.95. The summed E-state index contributed by atoms with van der Waals surface area (Å²) in [4.78, 5) is 23.1. The molecular weight excluding hydrogens is 316 g/mol. The summed E-state index contributed by atoms with van der Waals surface area (Å²) in [6.45, 7) is 0. The number of thioether (sulfide) groups is 1. The van der Waals surface area contributed by atoms with Gasteiger partial charge in [0, 0.05) is 17.4 Å². The normalized spacial score (nSPS) is 25.6. The van der Waals surface area contributed by atoms with Crippen molar-refractivity contribution in [3.05, 3.63) is 24.3 Å². The highest BCUT2D eigenvalue weighted by molar-refractivity contribution is 8.00. The minimum atomic E-state index is -0.261. The molecule has 6 nitrogen and oxygen atoms in total. The van der Waals surface area contributed by atoms with Gasteiger partial charge in [-0.05, 0) is 37.1 Å². The van der Waals surface area contributed by atoms with E-state index in [1.807, 2.05) is 11.8 Å². The number of fused-ring (bicyclic) bond motifs is 1. The molecule has 0 aromatic heterocycles. The molecule has 3 N–H and O–H groups in total. The lowest BCUT2D eigenvalue weighted by Gasteiger charge is -2.16. The first kappa shape index (κ1) is 16.0. The molecular formula is C16H20N2O4S. The average molecular weight is 336 g/mol. The Balaban J connectivity index is 1.34. The van der Waals surface area contributed by atoms with Gasteiger partial charge in [0.2, 0.25) is 0 Å². The SMILES string of the molecule is O=C1N[C@H]2[C@H](CS[C@H]2CCCCC(=O)Oc2ccc(O)cc2)N1. The number of aromatic hydroxyl groups is 1. The van der Waals surface area contributed by atoms with Crippen molar-refractivity contribution in [3.8, 4) is 11.5 Å². The quantitative estimate of drug-likeness (QED) is 0.320. The second kappa shape index (κ2) is 7.12. The maximum Gasteiger partial charge on any atom is 0.315 e. The van der Waals surface area contributed by atoms with Crippen molar-refractivity contribution in [3.63, 3.8) is 0 Å². The van der Waals surface area contributed by atoms with Crippen LogP contribution in [-0.2, 0) is 4.79 Å². The number of unbranched alkanes of at least 4 members (excludes halogenated alkanes) is 1. The fourth-order valence-electron chi connectivity index (χ4n) is 2.95. The monoisotopic (exact) mass is 336 g/mol. The Hall–Kier alpha value is -1.89. The molecule has 0 unspecified atom stereocenters. The van der Waals surface area contributed by atoms with E-state index in [9.17, 15) is 14.7 Å². The molecule has 2 amide bonds. The van der Waals surface area contributed by atoms with Crippen molar-refractivity contribution in [1.82, 2.24) is 10.6 Å². The van der Waals surface area contributed by atoms with E-state index in [2.05, 4.69) is 10.6 Å². The van der Waals surface area contributed by atoms with Gasteiger partial charge in [0.1, 0.15) is 11.5 Å². The molecule has 0 saturated carbocycles. The molecule has 3 atom stereocenters. The van der Waals surface area contributed by atoms with E-state index in [1.165, 1.54) is 12.1 Å². The lowest BCUT2D eigenvalue weighted by molar-refractivity contribution is -0.134. The second-order valence-corrected chi connectivity index (χ2v) is 7.11. The van der Waals surface area contributed by atoms with Gasteiger partial charge in [-0.1, -0.05) is 6.42 Å². The molecule has 0 spiro atoms. The molecule has 23 heavy (non-hydrogen) atoms. The van der Waals surface area contributed by atoms with Gasteiger partial charge in [0.25, 0.3) is 0 Å². The van der Waals surface area contributed by atoms with Gasteiger partial charge >= 0.3 is 12.0 Å². The number of esters is 1. The van der Waals surface area contributed by atoms with E-state index >= 15 is 0 Å². The van der Waals surface area contributed by atoms with Gasteiger partial charge in [0.05, 0.1) is 12.1 Å². The fraction of sp³-hybridized carbons (Fsp3) is 0.500. The molecule has 124 valence electrons. The van der Waals surface area contributed by atoms with Crippen LogP contribution in [0.4, 0.5) is 4.79 Å². The summed E-state index contributed by atoms with van der Waals surface area (Å²) in [7, 11) is 0. The number of ether oxygens (including phenoxy) is 1. The van der Waals surface area contributed by atoms with Crippen molar-refractivity contribution in [1.29, 1.82) is 0 Å². The van der Waals surface area contributed by atoms with E-state index in [0.717, 1.165) is 25.0 Å². The second-order valence-electron chi connectivity index (χ2n) is 5.84. The third kappa shape index (κ3) is 4.10. The summed E-state index contributed by atoms with van der Waals surface area (Å²) in [5.74, 6) is 1.28. The number of amides is 2. The van der Waals surface area contributed by atoms with Gasteiger partial charge in [-0.25, -0.2) is 4.79 Å². The van der Waals surface area contributed by atoms with E-state index in [1.54, 1.807) is 12.1 Å². The number of carbonyl (C=O) groups is 2. The Morgan fingerprint density at radius 2 is 2.04 bits per heavy atom. The molecule has 2 aliphatic heterocycles. The standard InChI is InChI=1S/C16H20N2O4S/c19-10-5-7-11(8-6-10)22-14(20)4-2-1-3-13-15-12(9-23-13)17-16(21)18-15/h5-8,12-13,15,19H,1-4,9H2,(H2,17,18,21)/t12-,13-,15-/m0/s1. The Labute approximate surface area is 139 Å². The number of phenols is 1. The highest BCUT2D eigenvalue weighted by Gasteiger charge is 2.42. The van der Waals surface area contributed by atoms with E-state index in [-0.39, 0.29) is 29.8 Å². The fourth-order valence-corrected chi connectivity index (χ4v) is 4.50. The predicted octanol–water partition coefficient (Wildman–Crippen LogP) is 2.02. The summed E-state index contributed by atoms with van der Waals surface area (Å²) >= 11 is 1.88. The van der Waals surface area contributed by atoms with Crippen LogP contribution in [0.1, 0.15) is 25.7 Å². The van der Waals surface area contributed by atoms with Crippen LogP contribution < -0.4 is 15.4 Å². The molecule has 1 aromatic carbocycles. The molecule has 2 heterocycles. The number of hydrogen-bond donors (Lipinski definition) is 3. The van der Waals surface area contributed by atoms with E-state index in [0.29, 0.717) is 17.4 Å². The third-order valence-electron chi connectivity index (χ3n) is 4.13. The smallest absolute Gasteiger partial charge is 0.315 e. The Morgan fingerprint density at radius 3 is 2.83 bits per heavy atom. The first-order valence-corrected chi connectivity index (χ1v) is 8.85. The molecule has 2 fully saturated rings. The lowest BCUT2D eigenvalue weighted by Crippen LogP contribution is -2.36. The zero-order chi connectivity index (χ0) is 16.2. The number of carbonyl (C=O) groups excluding carboxylic acids is 2. The van der Waals surface area contributed by atoms with Crippen LogP contribution in [0.2, 0.25) is 0 Å². The Morgan fingerprint density at radius 1 is 1.26 bits per heavy atom. The van der Waals surface area contributed by atoms with Crippen LogP contribution in [0.25, 0.3) is 0 Å². The molecule has 7 heteroatoms. The van der Waals surface area contributed by atoms with E-state index in [4.69, 9.17) is 4.74 Å². The van der Waals surface area contributed by atoms with Crippen LogP contribution in [0.15, 0.2) is 24.3 Å². The van der Waals surface area contributed by atoms with Crippen LogP contribution >= 0.6 is 11.8 Å². The van der Waals surface area contributed by atoms with Crippen molar-refractivity contribution < 1.29 is 19.4 Å². The van der Waals surface area contributed by atoms with Crippen molar-refractivity contribution >= 4 is 23.8 Å². The number of benzene rings is 1. The summed E-state index contributed by atoms with van der Waals surface area (Å²) in [6.07, 6.45) is 3.06. The maximum atomic E-state index is 11.8. The molecule has 0 aliphatic carbocycles. The van der Waals surface area contributed by atoms with Crippen LogP contribution in [0, 0.1) is 0 Å². The Bertz CT molecular complexity index is 578. The van der Waals surface area contributed by atoms with E-state index < -0.39 is 0 Å². The van der Waals surface area contributed by atoms with Gasteiger partial charge in [0.15, 0.2) is 0 Å². The number of nitrogens with one attached hydrogen (secondary N) is 2. The van der Waals surface area contributed by atoms with Crippen molar-refractivity contribution in [2.45, 2.75) is 43.0 Å². The minimum Gasteiger partial charge on any atom is -0.508 e. The number of rotatable bonds is 6. The number of phenolic OH excluding ortho intramolecular Hbond substituents is 1. The van der Waals surface area contributed by atoms with Crippen LogP contribution in [0.3, 0.4) is 0 Å². The number of hydrogen-bond acceptors (Lipinski definition) is 5. The highest BCUT2D eigenvalue weighted by Crippen LogP contribution is 2.33. The molecule has 3 rings (SSSR count). The van der Waals surface area contributed by atoms with Crippen molar-refractivity contribution in [2.24, 2.45) is 0 Å². The summed E-state index contributed by atoms with van der Waals surface area (Å²) in [6, 6.07) is 6.51. The molecule has 1 aromatic rings. The van der Waals surface area contributed by atoms with Gasteiger partial charge < -0.3 is 20.5 Å². The topological polar surface area (TPSA) is 87.7 Å². The average Bonchev–Trinajstić information content (AvgIpc) is 3.06. The van der Waals surface area contributed by atoms with Gasteiger partial charge in [-0.2, -0.15) is 11.8 Å². The molecule has 2 saturated heterocycles. The zero-order valence-electron chi connectivity index (χ0n) is 12.7. The summed E-state index contributed by atoms with van der Waals surface area (Å²) in [5, 5.41) is 15.5. The minimum absolute atomic E-state index is 0.0669. The largest absolute Gasteiger partial charge is 0.508 e. The summed E-state index contributed by atoms with van der Waals surface area (Å²) in [5.41, 5.74) is 0. The predicted molar refractivity (Wildman–Crippen MR) is 87.7 cm³/mol. The third-order valence-corrected chi connectivity index (χ3v) is 5.63. The molecule has 0 bridgehead atoms. The van der Waals surface area contributed by atoms with Crippen LogP contribution in [-0.4, -0.2) is 40.2 Å². The van der Waals surface area contributed by atoms with Gasteiger partial charge in [-0.3, -0.25) is 4.79 Å². The van der Waals surface area contributed by atoms with Crippen molar-refractivity contribution in [2.75, 3.05) is 5.75 Å². The summed E-state index contributed by atoms with van der Waals surface area (Å²) < 4.78 is 5.20. The first-order valence-electron chi connectivity index (χ1n) is 7.80.